The zero-order valence-corrected chi connectivity index (χ0v) is 15.8. The van der Waals surface area contributed by atoms with Gasteiger partial charge in [-0.05, 0) is 29.8 Å². The number of benzene rings is 2. The second kappa shape index (κ2) is 9.76. The van der Waals surface area contributed by atoms with E-state index in [9.17, 15) is 4.79 Å². The minimum atomic E-state index is -0.379. The van der Waals surface area contributed by atoms with Gasteiger partial charge in [-0.25, -0.2) is 9.79 Å². The first kappa shape index (κ1) is 19.8. The number of esters is 1. The average Bonchev–Trinajstić information content (AvgIpc) is 2.60. The number of halogens is 1. The molecule has 0 amide bonds. The van der Waals surface area contributed by atoms with Crippen molar-refractivity contribution in [1.82, 2.24) is 0 Å². The standard InChI is InChI=1S/C17H19N3O3.HI/c1-22-15-9-4-3-8-14(15)20-17(18)19-11-12-6-5-7-13(10-12)16(21)23-2;/h3-10H,11H2,1-2H3,(H3,18,19,20);1H. The highest BCUT2D eigenvalue weighted by Crippen LogP contribution is 2.22. The quantitative estimate of drug-likeness (QED) is 0.323. The number of methoxy groups -OCH3 is 2. The number of para-hydroxylation sites is 2. The van der Waals surface area contributed by atoms with Crippen LogP contribution in [0.1, 0.15) is 15.9 Å². The Morgan fingerprint density at radius 3 is 2.62 bits per heavy atom. The molecule has 0 radical (unpaired) electrons. The monoisotopic (exact) mass is 441 g/mol. The van der Waals surface area contributed by atoms with E-state index in [1.54, 1.807) is 25.3 Å². The highest BCUT2D eigenvalue weighted by atomic mass is 127. The molecule has 0 heterocycles. The summed E-state index contributed by atoms with van der Waals surface area (Å²) in [5.41, 5.74) is 7.97. The molecule has 0 unspecified atom stereocenters. The van der Waals surface area contributed by atoms with E-state index in [1.807, 2.05) is 30.3 Å². The van der Waals surface area contributed by atoms with Crippen molar-refractivity contribution < 1.29 is 14.3 Å². The Hall–Kier alpha value is -2.29. The van der Waals surface area contributed by atoms with E-state index in [0.29, 0.717) is 17.9 Å². The van der Waals surface area contributed by atoms with Gasteiger partial charge in [0.1, 0.15) is 5.75 Å². The molecule has 0 bridgehead atoms. The number of anilines is 1. The number of carbonyl (C=O) groups excluding carboxylic acids is 1. The van der Waals surface area contributed by atoms with E-state index >= 15 is 0 Å². The van der Waals surface area contributed by atoms with E-state index in [-0.39, 0.29) is 35.9 Å². The van der Waals surface area contributed by atoms with Gasteiger partial charge >= 0.3 is 5.97 Å². The normalized spacial score (nSPS) is 10.5. The molecule has 7 heteroatoms. The molecule has 2 aromatic rings. The van der Waals surface area contributed by atoms with Gasteiger partial charge in [0, 0.05) is 0 Å². The number of carbonyl (C=O) groups is 1. The molecule has 2 aromatic carbocycles. The number of rotatable bonds is 5. The fourth-order valence-corrected chi connectivity index (χ4v) is 2.02. The molecule has 0 aromatic heterocycles. The highest BCUT2D eigenvalue weighted by molar-refractivity contribution is 14.0. The van der Waals surface area contributed by atoms with Crippen LogP contribution < -0.4 is 15.8 Å². The average molecular weight is 441 g/mol. The van der Waals surface area contributed by atoms with E-state index in [0.717, 1.165) is 11.3 Å². The molecule has 0 fully saturated rings. The van der Waals surface area contributed by atoms with Crippen molar-refractivity contribution >= 4 is 41.6 Å². The molecule has 0 saturated heterocycles. The molecule has 128 valence electrons. The Bertz CT molecular complexity index is 720. The number of hydrogen-bond donors (Lipinski definition) is 2. The van der Waals surface area contributed by atoms with Crippen molar-refractivity contribution in [2.45, 2.75) is 6.54 Å². The number of nitrogens with one attached hydrogen (secondary N) is 1. The Labute approximate surface area is 158 Å². The van der Waals surface area contributed by atoms with Gasteiger partial charge < -0.3 is 20.5 Å². The van der Waals surface area contributed by atoms with Gasteiger partial charge in [0.15, 0.2) is 5.96 Å². The summed E-state index contributed by atoms with van der Waals surface area (Å²) in [5, 5.41) is 2.99. The zero-order valence-electron chi connectivity index (χ0n) is 13.5. The number of aliphatic imine (C=N–C) groups is 1. The van der Waals surface area contributed by atoms with Crippen molar-refractivity contribution in [3.05, 3.63) is 59.7 Å². The first-order valence-electron chi connectivity index (χ1n) is 7.01. The summed E-state index contributed by atoms with van der Waals surface area (Å²) >= 11 is 0. The van der Waals surface area contributed by atoms with Crippen LogP contribution in [-0.2, 0) is 11.3 Å². The van der Waals surface area contributed by atoms with Crippen molar-refractivity contribution in [2.24, 2.45) is 10.7 Å². The summed E-state index contributed by atoms with van der Waals surface area (Å²) in [4.78, 5) is 15.8. The first-order chi connectivity index (χ1) is 11.1. The maximum absolute atomic E-state index is 11.5. The number of hydrogen-bond acceptors (Lipinski definition) is 4. The fraction of sp³-hybridized carbons (Fsp3) is 0.176. The highest BCUT2D eigenvalue weighted by Gasteiger charge is 2.06. The zero-order chi connectivity index (χ0) is 16.7. The van der Waals surface area contributed by atoms with Crippen LogP contribution >= 0.6 is 24.0 Å². The van der Waals surface area contributed by atoms with Gasteiger partial charge in [-0.1, -0.05) is 24.3 Å². The van der Waals surface area contributed by atoms with Crippen LogP contribution in [0, 0.1) is 0 Å². The van der Waals surface area contributed by atoms with Crippen molar-refractivity contribution in [3.63, 3.8) is 0 Å². The summed E-state index contributed by atoms with van der Waals surface area (Å²) < 4.78 is 9.93. The minimum absolute atomic E-state index is 0. The van der Waals surface area contributed by atoms with Crippen LogP contribution in [0.25, 0.3) is 0 Å². The number of ether oxygens (including phenoxy) is 2. The number of nitrogens with zero attached hydrogens (tertiary/aromatic N) is 1. The molecular weight excluding hydrogens is 421 g/mol. The molecule has 0 saturated carbocycles. The lowest BCUT2D eigenvalue weighted by Gasteiger charge is -2.10. The molecule has 3 N–H and O–H groups in total. The molecule has 24 heavy (non-hydrogen) atoms. The van der Waals surface area contributed by atoms with Crippen LogP contribution in [0.5, 0.6) is 5.75 Å². The molecule has 6 nitrogen and oxygen atoms in total. The molecule has 2 rings (SSSR count). The molecule has 0 aliphatic rings. The lowest BCUT2D eigenvalue weighted by molar-refractivity contribution is 0.0600. The second-order valence-electron chi connectivity index (χ2n) is 4.72. The Morgan fingerprint density at radius 1 is 1.17 bits per heavy atom. The SMILES string of the molecule is COC(=O)c1cccc(CN=C(N)Nc2ccccc2OC)c1.I. The van der Waals surface area contributed by atoms with Crippen LogP contribution in [-0.4, -0.2) is 26.1 Å². The third kappa shape index (κ3) is 5.41. The fourth-order valence-electron chi connectivity index (χ4n) is 2.02. The predicted molar refractivity (Wildman–Crippen MR) is 105 cm³/mol. The molecule has 0 spiro atoms. The van der Waals surface area contributed by atoms with Crippen LogP contribution in [0.2, 0.25) is 0 Å². The Balaban J connectivity index is 0.00000288. The number of nitrogens with two attached hydrogens (primary N) is 1. The van der Waals surface area contributed by atoms with E-state index in [1.165, 1.54) is 7.11 Å². The Kier molecular flexibility index (Phi) is 8.03. The van der Waals surface area contributed by atoms with E-state index < -0.39 is 0 Å². The molecular formula is C17H20IN3O3. The van der Waals surface area contributed by atoms with Crippen LogP contribution in [0.15, 0.2) is 53.5 Å². The van der Waals surface area contributed by atoms with Crippen molar-refractivity contribution in [3.8, 4) is 5.75 Å². The molecule has 0 aliphatic heterocycles. The third-order valence-corrected chi connectivity index (χ3v) is 3.15. The summed E-state index contributed by atoms with van der Waals surface area (Å²) in [6.07, 6.45) is 0. The largest absolute Gasteiger partial charge is 0.495 e. The van der Waals surface area contributed by atoms with Gasteiger partial charge in [-0.3, -0.25) is 0 Å². The van der Waals surface area contributed by atoms with Crippen molar-refractivity contribution in [1.29, 1.82) is 0 Å². The summed E-state index contributed by atoms with van der Waals surface area (Å²) in [6.45, 7) is 0.346. The lowest BCUT2D eigenvalue weighted by atomic mass is 10.1. The van der Waals surface area contributed by atoms with Gasteiger partial charge in [0.2, 0.25) is 0 Å². The third-order valence-electron chi connectivity index (χ3n) is 3.15. The van der Waals surface area contributed by atoms with E-state index in [4.69, 9.17) is 15.2 Å². The van der Waals surface area contributed by atoms with Gasteiger partial charge in [-0.15, -0.1) is 24.0 Å². The number of guanidine groups is 1. The second-order valence-corrected chi connectivity index (χ2v) is 4.72. The maximum atomic E-state index is 11.5. The van der Waals surface area contributed by atoms with Gasteiger partial charge in [0.05, 0.1) is 32.0 Å². The summed E-state index contributed by atoms with van der Waals surface area (Å²) in [6, 6.07) is 14.5. The topological polar surface area (TPSA) is 85.9 Å². The predicted octanol–water partition coefficient (Wildman–Crippen LogP) is 3.03. The van der Waals surface area contributed by atoms with Gasteiger partial charge in [0.25, 0.3) is 0 Å². The van der Waals surface area contributed by atoms with Crippen molar-refractivity contribution in [2.75, 3.05) is 19.5 Å². The van der Waals surface area contributed by atoms with Gasteiger partial charge in [-0.2, -0.15) is 0 Å². The smallest absolute Gasteiger partial charge is 0.337 e. The van der Waals surface area contributed by atoms with E-state index in [2.05, 4.69) is 10.3 Å². The summed E-state index contributed by atoms with van der Waals surface area (Å²) in [7, 11) is 2.94. The summed E-state index contributed by atoms with van der Waals surface area (Å²) in [5.74, 6) is 0.562. The molecule has 0 atom stereocenters. The Morgan fingerprint density at radius 2 is 1.92 bits per heavy atom. The minimum Gasteiger partial charge on any atom is -0.495 e. The first-order valence-corrected chi connectivity index (χ1v) is 7.01. The van der Waals surface area contributed by atoms with Crippen LogP contribution in [0.4, 0.5) is 5.69 Å². The van der Waals surface area contributed by atoms with Crippen LogP contribution in [0.3, 0.4) is 0 Å². The molecule has 0 aliphatic carbocycles. The maximum Gasteiger partial charge on any atom is 0.337 e. The lowest BCUT2D eigenvalue weighted by Crippen LogP contribution is -2.22.